The molecule has 1 aromatic carbocycles. The number of hydrogen-bond acceptors (Lipinski definition) is 4. The summed E-state index contributed by atoms with van der Waals surface area (Å²) in [4.78, 5) is 36.0. The Bertz CT molecular complexity index is 955. The van der Waals surface area contributed by atoms with Gasteiger partial charge in [-0.25, -0.2) is 9.59 Å². The fourth-order valence-electron chi connectivity index (χ4n) is 2.66. The molecular formula is C19H16N2O5. The number of carboxylic acid groups (broad SMARTS) is 1. The summed E-state index contributed by atoms with van der Waals surface area (Å²) in [7, 11) is 0. The molecule has 2 heterocycles. The van der Waals surface area contributed by atoms with Gasteiger partial charge in [0, 0.05) is 18.2 Å². The summed E-state index contributed by atoms with van der Waals surface area (Å²) in [5, 5.41) is 11.5. The highest BCUT2D eigenvalue weighted by Gasteiger charge is 2.32. The first-order valence-electron chi connectivity index (χ1n) is 7.80. The lowest BCUT2D eigenvalue weighted by Crippen LogP contribution is -2.30. The summed E-state index contributed by atoms with van der Waals surface area (Å²) in [5.74, 6) is -0.518. The molecule has 3 rings (SSSR count). The molecule has 0 aliphatic carbocycles. The predicted molar refractivity (Wildman–Crippen MR) is 94.3 cm³/mol. The van der Waals surface area contributed by atoms with Crippen LogP contribution in [0.2, 0.25) is 0 Å². The van der Waals surface area contributed by atoms with Crippen LogP contribution in [-0.2, 0) is 4.79 Å². The molecule has 0 spiro atoms. The van der Waals surface area contributed by atoms with Crippen molar-refractivity contribution in [2.24, 2.45) is 0 Å². The van der Waals surface area contributed by atoms with Crippen LogP contribution in [0.25, 0.3) is 17.4 Å². The average molecular weight is 352 g/mol. The zero-order chi connectivity index (χ0) is 18.8. The first-order valence-corrected chi connectivity index (χ1v) is 7.80. The Balaban J connectivity index is 1.87. The van der Waals surface area contributed by atoms with E-state index in [0.717, 1.165) is 16.0 Å². The van der Waals surface area contributed by atoms with Crippen LogP contribution in [0.3, 0.4) is 0 Å². The molecule has 132 valence electrons. The molecule has 1 aliphatic rings. The molecule has 1 saturated heterocycles. The Morgan fingerprint density at radius 1 is 1.31 bits per heavy atom. The van der Waals surface area contributed by atoms with E-state index in [4.69, 9.17) is 9.52 Å². The van der Waals surface area contributed by atoms with Crippen molar-refractivity contribution in [1.82, 2.24) is 10.2 Å². The van der Waals surface area contributed by atoms with Crippen molar-refractivity contribution in [2.75, 3.05) is 6.54 Å². The van der Waals surface area contributed by atoms with Crippen LogP contribution in [0.15, 0.2) is 53.1 Å². The highest BCUT2D eigenvalue weighted by Crippen LogP contribution is 2.27. The van der Waals surface area contributed by atoms with Crippen molar-refractivity contribution >= 4 is 24.0 Å². The van der Waals surface area contributed by atoms with Gasteiger partial charge in [0.1, 0.15) is 17.2 Å². The number of rotatable bonds is 5. The highest BCUT2D eigenvalue weighted by molar-refractivity contribution is 6.13. The van der Waals surface area contributed by atoms with Crippen molar-refractivity contribution in [3.8, 4) is 11.3 Å². The number of aryl methyl sites for hydroxylation is 1. The van der Waals surface area contributed by atoms with Crippen molar-refractivity contribution < 1.29 is 23.9 Å². The number of carboxylic acids is 1. The van der Waals surface area contributed by atoms with Crippen molar-refractivity contribution in [1.29, 1.82) is 0 Å². The van der Waals surface area contributed by atoms with Gasteiger partial charge in [0.15, 0.2) is 0 Å². The normalized spacial score (nSPS) is 15.4. The number of hydrogen-bond donors (Lipinski definition) is 2. The molecule has 1 aliphatic heterocycles. The fraction of sp³-hybridized carbons (Fsp3) is 0.105. The van der Waals surface area contributed by atoms with E-state index in [1.807, 2.05) is 0 Å². The third-order valence-electron chi connectivity index (χ3n) is 3.93. The molecule has 0 saturated carbocycles. The lowest BCUT2D eigenvalue weighted by molar-refractivity contribution is -0.122. The van der Waals surface area contributed by atoms with Gasteiger partial charge in [0.25, 0.3) is 5.91 Å². The molecule has 1 fully saturated rings. The van der Waals surface area contributed by atoms with Crippen LogP contribution in [0.4, 0.5) is 4.79 Å². The molecule has 3 amide bonds. The minimum Gasteiger partial charge on any atom is -0.478 e. The minimum atomic E-state index is -0.996. The monoisotopic (exact) mass is 352 g/mol. The number of aromatic carboxylic acids is 1. The highest BCUT2D eigenvalue weighted by atomic mass is 16.4. The first-order chi connectivity index (χ1) is 12.4. The van der Waals surface area contributed by atoms with Crippen LogP contribution < -0.4 is 5.32 Å². The summed E-state index contributed by atoms with van der Waals surface area (Å²) < 4.78 is 5.73. The van der Waals surface area contributed by atoms with Gasteiger partial charge in [-0.1, -0.05) is 12.1 Å². The van der Waals surface area contributed by atoms with Gasteiger partial charge in [-0.2, -0.15) is 0 Å². The maximum Gasteiger partial charge on any atom is 0.335 e. The number of carbonyl (C=O) groups excluding carboxylic acids is 2. The number of furan rings is 1. The quantitative estimate of drug-likeness (QED) is 0.489. The second kappa shape index (κ2) is 6.72. The topological polar surface area (TPSA) is 99.8 Å². The fourth-order valence-corrected chi connectivity index (χ4v) is 2.66. The molecule has 7 heteroatoms. The third-order valence-corrected chi connectivity index (χ3v) is 3.93. The summed E-state index contributed by atoms with van der Waals surface area (Å²) in [5.41, 5.74) is 1.81. The predicted octanol–water partition coefficient (Wildman–Crippen LogP) is 3.03. The van der Waals surface area contributed by atoms with Crippen LogP contribution in [0.5, 0.6) is 0 Å². The molecule has 0 bridgehead atoms. The van der Waals surface area contributed by atoms with E-state index in [0.29, 0.717) is 11.5 Å². The van der Waals surface area contributed by atoms with Crippen molar-refractivity contribution in [2.45, 2.75) is 6.92 Å². The molecule has 0 radical (unpaired) electrons. The van der Waals surface area contributed by atoms with Gasteiger partial charge in [-0.3, -0.25) is 9.69 Å². The molecule has 2 N–H and O–H groups in total. The van der Waals surface area contributed by atoms with Gasteiger partial charge in [0.05, 0.1) is 5.56 Å². The second-order valence-electron chi connectivity index (χ2n) is 5.73. The van der Waals surface area contributed by atoms with Crippen LogP contribution in [0, 0.1) is 6.92 Å². The van der Waals surface area contributed by atoms with E-state index in [9.17, 15) is 14.4 Å². The number of nitrogens with zero attached hydrogens (tertiary/aromatic N) is 1. The van der Waals surface area contributed by atoms with E-state index in [1.54, 1.807) is 31.2 Å². The standard InChI is InChI=1S/C19H16N2O5/c1-3-8-21-17(22)15(20-19(21)25)10-13-5-7-16(26-13)14-6-4-12(18(23)24)9-11(14)2/h3-7,9-10H,1,8H2,2H3,(H,20,25)(H,23,24). The maximum atomic E-state index is 12.2. The number of nitrogens with one attached hydrogen (secondary N) is 1. The van der Waals surface area contributed by atoms with Crippen LogP contribution in [-0.4, -0.2) is 34.5 Å². The van der Waals surface area contributed by atoms with E-state index < -0.39 is 17.9 Å². The van der Waals surface area contributed by atoms with Crippen molar-refractivity contribution in [3.05, 3.63) is 65.6 Å². The molecule has 7 nitrogen and oxygen atoms in total. The Labute approximate surface area is 149 Å². The Hall–Kier alpha value is -3.61. The van der Waals surface area contributed by atoms with Crippen LogP contribution >= 0.6 is 0 Å². The van der Waals surface area contributed by atoms with Crippen LogP contribution in [0.1, 0.15) is 21.7 Å². The molecule has 26 heavy (non-hydrogen) atoms. The number of imide groups is 1. The number of amides is 3. The number of carbonyl (C=O) groups is 3. The molecule has 0 atom stereocenters. The van der Waals surface area contributed by atoms with Gasteiger partial charge < -0.3 is 14.8 Å². The molecular weight excluding hydrogens is 336 g/mol. The summed E-state index contributed by atoms with van der Waals surface area (Å²) >= 11 is 0. The SMILES string of the molecule is C=CCN1C(=O)NC(=Cc2ccc(-c3ccc(C(=O)O)cc3C)o2)C1=O. The Morgan fingerprint density at radius 2 is 2.08 bits per heavy atom. The number of urea groups is 1. The van der Waals surface area contributed by atoms with Crippen molar-refractivity contribution in [3.63, 3.8) is 0 Å². The minimum absolute atomic E-state index is 0.121. The van der Waals surface area contributed by atoms with E-state index in [-0.39, 0.29) is 17.8 Å². The maximum absolute atomic E-state index is 12.2. The third kappa shape index (κ3) is 3.14. The Morgan fingerprint density at radius 3 is 2.73 bits per heavy atom. The van der Waals surface area contributed by atoms with E-state index >= 15 is 0 Å². The smallest absolute Gasteiger partial charge is 0.335 e. The zero-order valence-corrected chi connectivity index (χ0v) is 14.0. The largest absolute Gasteiger partial charge is 0.478 e. The number of benzene rings is 1. The van der Waals surface area contributed by atoms with Gasteiger partial charge >= 0.3 is 12.0 Å². The van der Waals surface area contributed by atoms with E-state index in [1.165, 1.54) is 18.2 Å². The molecule has 2 aromatic rings. The Kier molecular flexibility index (Phi) is 4.45. The molecule has 0 unspecified atom stereocenters. The first kappa shape index (κ1) is 17.2. The van der Waals surface area contributed by atoms with Gasteiger partial charge in [-0.15, -0.1) is 6.58 Å². The summed E-state index contributed by atoms with van der Waals surface area (Å²) in [6.07, 6.45) is 2.92. The lowest BCUT2D eigenvalue weighted by atomic mass is 10.0. The summed E-state index contributed by atoms with van der Waals surface area (Å²) in [6.45, 7) is 5.43. The van der Waals surface area contributed by atoms with Gasteiger partial charge in [-0.05, 0) is 36.8 Å². The average Bonchev–Trinajstić information content (AvgIpc) is 3.15. The second-order valence-corrected chi connectivity index (χ2v) is 5.73. The zero-order valence-electron chi connectivity index (χ0n) is 14.0. The van der Waals surface area contributed by atoms with E-state index in [2.05, 4.69) is 11.9 Å². The summed E-state index contributed by atoms with van der Waals surface area (Å²) in [6, 6.07) is 7.61. The lowest BCUT2D eigenvalue weighted by Gasteiger charge is -2.06. The van der Waals surface area contributed by atoms with Gasteiger partial charge in [0.2, 0.25) is 0 Å². The molecule has 1 aromatic heterocycles.